The molecule has 0 fully saturated rings. The minimum atomic E-state index is -0.315. The van der Waals surface area contributed by atoms with Crippen molar-refractivity contribution in [3.05, 3.63) is 77.4 Å². The van der Waals surface area contributed by atoms with Crippen LogP contribution >= 0.6 is 0 Å². The van der Waals surface area contributed by atoms with E-state index in [1.807, 2.05) is 12.1 Å². The van der Waals surface area contributed by atoms with Crippen molar-refractivity contribution in [2.75, 3.05) is 13.2 Å². The van der Waals surface area contributed by atoms with Crippen molar-refractivity contribution in [1.82, 2.24) is 0 Å². The summed E-state index contributed by atoms with van der Waals surface area (Å²) in [5.74, 6) is 0.561. The van der Waals surface area contributed by atoms with E-state index in [4.69, 9.17) is 9.47 Å². The number of benzene rings is 2. The molecule has 2 aromatic carbocycles. The molecule has 0 amide bonds. The Morgan fingerprint density at radius 2 is 1.47 bits per heavy atom. The number of rotatable bonds is 13. The Balaban J connectivity index is 1.66. The van der Waals surface area contributed by atoms with E-state index >= 15 is 0 Å². The van der Waals surface area contributed by atoms with Crippen LogP contribution in [0.3, 0.4) is 0 Å². The lowest BCUT2D eigenvalue weighted by atomic mass is 10.1. The van der Waals surface area contributed by atoms with Crippen LogP contribution in [0.4, 0.5) is 0 Å². The second kappa shape index (κ2) is 13.4. The first-order valence-electron chi connectivity index (χ1n) is 10.9. The van der Waals surface area contributed by atoms with Crippen LogP contribution in [0.15, 0.2) is 60.7 Å². The molecule has 0 unspecified atom stereocenters. The van der Waals surface area contributed by atoms with Gasteiger partial charge in [0, 0.05) is 5.57 Å². The summed E-state index contributed by atoms with van der Waals surface area (Å²) in [5, 5.41) is 0. The molecular weight excluding hydrogens is 372 g/mol. The number of aryl methyl sites for hydroxylation is 1. The highest BCUT2D eigenvalue weighted by Crippen LogP contribution is 2.16. The molecule has 0 radical (unpaired) electrons. The van der Waals surface area contributed by atoms with E-state index in [0.717, 1.165) is 37.0 Å². The molecule has 30 heavy (non-hydrogen) atoms. The van der Waals surface area contributed by atoms with Crippen LogP contribution in [0.25, 0.3) is 12.2 Å². The number of hydrogen-bond donors (Lipinski definition) is 0. The lowest BCUT2D eigenvalue weighted by Gasteiger charge is -2.07. The molecule has 0 aliphatic carbocycles. The Kier molecular flexibility index (Phi) is 10.5. The van der Waals surface area contributed by atoms with E-state index in [-0.39, 0.29) is 5.97 Å². The van der Waals surface area contributed by atoms with E-state index in [9.17, 15) is 4.79 Å². The quantitative estimate of drug-likeness (QED) is 0.158. The molecule has 2 aromatic rings. The van der Waals surface area contributed by atoms with Gasteiger partial charge in [-0.25, -0.2) is 4.79 Å². The molecule has 0 saturated carbocycles. The van der Waals surface area contributed by atoms with Crippen LogP contribution in [-0.2, 0) is 16.0 Å². The summed E-state index contributed by atoms with van der Waals surface area (Å²) in [5.41, 5.74) is 4.21. The van der Waals surface area contributed by atoms with Crippen LogP contribution in [-0.4, -0.2) is 19.2 Å². The van der Waals surface area contributed by atoms with Gasteiger partial charge in [-0.3, -0.25) is 0 Å². The highest BCUT2D eigenvalue weighted by Gasteiger charge is 2.02. The summed E-state index contributed by atoms with van der Waals surface area (Å²) in [6, 6.07) is 16.9. The van der Waals surface area contributed by atoms with Gasteiger partial charge in [0.1, 0.15) is 5.75 Å². The van der Waals surface area contributed by atoms with Crippen molar-refractivity contribution in [2.45, 2.75) is 52.4 Å². The summed E-state index contributed by atoms with van der Waals surface area (Å²) in [6.45, 7) is 8.54. The molecule has 160 valence electrons. The molecule has 0 aliphatic heterocycles. The summed E-state index contributed by atoms with van der Waals surface area (Å²) < 4.78 is 10.9. The van der Waals surface area contributed by atoms with Crippen LogP contribution in [0, 0.1) is 0 Å². The molecule has 0 N–H and O–H groups in total. The fourth-order valence-corrected chi connectivity index (χ4v) is 2.90. The van der Waals surface area contributed by atoms with Gasteiger partial charge in [0.15, 0.2) is 0 Å². The van der Waals surface area contributed by atoms with Crippen LogP contribution < -0.4 is 4.74 Å². The van der Waals surface area contributed by atoms with Gasteiger partial charge in [-0.15, -0.1) is 0 Å². The number of esters is 1. The second-order valence-corrected chi connectivity index (χ2v) is 7.57. The van der Waals surface area contributed by atoms with Gasteiger partial charge in [0.2, 0.25) is 0 Å². The molecule has 0 saturated heterocycles. The summed E-state index contributed by atoms with van der Waals surface area (Å²) in [4.78, 5) is 11.3. The van der Waals surface area contributed by atoms with Crippen LogP contribution in [0.5, 0.6) is 5.75 Å². The summed E-state index contributed by atoms with van der Waals surface area (Å²) in [6.07, 6.45) is 10.6. The van der Waals surface area contributed by atoms with Gasteiger partial charge in [-0.1, -0.05) is 68.5 Å². The predicted molar refractivity (Wildman–Crippen MR) is 126 cm³/mol. The maximum atomic E-state index is 11.3. The fraction of sp³-hybridized carbons (Fsp3) is 0.370. The van der Waals surface area contributed by atoms with Gasteiger partial charge in [-0.2, -0.15) is 0 Å². The first kappa shape index (κ1) is 23.5. The zero-order valence-corrected chi connectivity index (χ0v) is 18.4. The van der Waals surface area contributed by atoms with E-state index in [0.29, 0.717) is 18.8 Å². The molecule has 3 nitrogen and oxygen atoms in total. The average molecular weight is 407 g/mol. The molecule has 0 aliphatic rings. The monoisotopic (exact) mass is 406 g/mol. The average Bonchev–Trinajstić information content (AvgIpc) is 2.77. The van der Waals surface area contributed by atoms with E-state index in [1.54, 1.807) is 6.92 Å². The maximum absolute atomic E-state index is 11.3. The third kappa shape index (κ3) is 9.13. The number of hydrogen-bond acceptors (Lipinski definition) is 3. The summed E-state index contributed by atoms with van der Waals surface area (Å²) >= 11 is 0. The fourth-order valence-electron chi connectivity index (χ4n) is 2.90. The van der Waals surface area contributed by atoms with E-state index in [2.05, 4.69) is 62.1 Å². The molecule has 0 heterocycles. The number of ether oxygens (including phenoxy) is 2. The number of unbranched alkanes of at least 4 members (excludes halogenated alkanes) is 3. The van der Waals surface area contributed by atoms with Crippen molar-refractivity contribution in [1.29, 1.82) is 0 Å². The topological polar surface area (TPSA) is 35.5 Å². The Morgan fingerprint density at radius 1 is 0.867 bits per heavy atom. The molecule has 0 bridgehead atoms. The first-order chi connectivity index (χ1) is 14.6. The van der Waals surface area contributed by atoms with Gasteiger partial charge in [-0.05, 0) is 67.9 Å². The van der Waals surface area contributed by atoms with Gasteiger partial charge >= 0.3 is 5.97 Å². The van der Waals surface area contributed by atoms with Gasteiger partial charge in [0.05, 0.1) is 13.2 Å². The normalized spacial score (nSPS) is 10.9. The van der Waals surface area contributed by atoms with Crippen LogP contribution in [0.2, 0.25) is 0 Å². The first-order valence-corrected chi connectivity index (χ1v) is 10.9. The van der Waals surface area contributed by atoms with E-state index in [1.165, 1.54) is 24.0 Å². The van der Waals surface area contributed by atoms with Crippen molar-refractivity contribution < 1.29 is 14.3 Å². The highest BCUT2D eigenvalue weighted by molar-refractivity contribution is 5.86. The van der Waals surface area contributed by atoms with Crippen molar-refractivity contribution in [3.63, 3.8) is 0 Å². The Bertz CT molecular complexity index is 801. The smallest absolute Gasteiger partial charge is 0.333 e. The predicted octanol–water partition coefficient (Wildman–Crippen LogP) is 6.87. The molecule has 0 spiro atoms. The van der Waals surface area contributed by atoms with Crippen LogP contribution in [0.1, 0.15) is 62.6 Å². The number of carbonyl (C=O) groups excluding carboxylic acids is 1. The zero-order chi connectivity index (χ0) is 21.6. The SMILES string of the molecule is C=C(C)C(=O)OCCCCCOc1ccc(/C=C/c2ccc(CCCC)cc2)cc1. The molecule has 3 heteroatoms. The van der Waals surface area contributed by atoms with Crippen molar-refractivity contribution in [3.8, 4) is 5.75 Å². The Labute approximate surface area is 181 Å². The van der Waals surface area contributed by atoms with Gasteiger partial charge < -0.3 is 9.47 Å². The molecular formula is C27H34O3. The number of carbonyl (C=O) groups is 1. The minimum Gasteiger partial charge on any atom is -0.494 e. The molecule has 0 aromatic heterocycles. The van der Waals surface area contributed by atoms with E-state index < -0.39 is 0 Å². The third-order valence-electron chi connectivity index (χ3n) is 4.79. The molecule has 0 atom stereocenters. The van der Waals surface area contributed by atoms with Crippen molar-refractivity contribution >= 4 is 18.1 Å². The Morgan fingerprint density at radius 3 is 2.07 bits per heavy atom. The third-order valence-corrected chi connectivity index (χ3v) is 4.79. The van der Waals surface area contributed by atoms with Crippen molar-refractivity contribution in [2.24, 2.45) is 0 Å². The lowest BCUT2D eigenvalue weighted by molar-refractivity contribution is -0.139. The molecule has 2 rings (SSSR count). The lowest BCUT2D eigenvalue weighted by Crippen LogP contribution is -2.06. The zero-order valence-electron chi connectivity index (χ0n) is 18.4. The minimum absolute atomic E-state index is 0.315. The standard InChI is InChI=1S/C27H34O3/c1-4-5-9-23-10-12-24(13-11-23)14-15-25-16-18-26(19-17-25)29-20-7-6-8-21-30-27(28)22(2)3/h10-19H,2,4-9,20-21H2,1,3H3/b15-14+. The largest absolute Gasteiger partial charge is 0.494 e. The van der Waals surface area contributed by atoms with Gasteiger partial charge in [0.25, 0.3) is 0 Å². The highest BCUT2D eigenvalue weighted by atomic mass is 16.5. The summed E-state index contributed by atoms with van der Waals surface area (Å²) in [7, 11) is 0. The second-order valence-electron chi connectivity index (χ2n) is 7.57. The Hall–Kier alpha value is -2.81. The maximum Gasteiger partial charge on any atom is 0.333 e.